The number of Topliss-reactive ketones (excluding diaryl/α,β-unsaturated/α-hetero) is 1. The average molecular weight is 180 g/mol. The standard InChI is InChI=1S/C10H12O3/c1-2-13-10(12)8-5-3-4-6(8)7(4)9(5)11/h4-8H,2-3H2,1H3/t4?,5?,6?,7?,8-/m0/s1. The molecule has 0 radical (unpaired) electrons. The predicted octanol–water partition coefficient (Wildman–Crippen LogP) is 0.631. The van der Waals surface area contributed by atoms with Gasteiger partial charge in [0.05, 0.1) is 12.5 Å². The highest BCUT2D eigenvalue weighted by Gasteiger charge is 2.75. The van der Waals surface area contributed by atoms with Crippen LogP contribution in [0.2, 0.25) is 0 Å². The fraction of sp³-hybridized carbons (Fsp3) is 0.800. The second-order valence-electron chi connectivity index (χ2n) is 4.29. The number of rotatable bonds is 2. The highest BCUT2D eigenvalue weighted by molar-refractivity contribution is 5.98. The Hall–Kier alpha value is -0.860. The third kappa shape index (κ3) is 0.713. The number of hydrogen-bond donors (Lipinski definition) is 0. The molecule has 0 heterocycles. The number of ether oxygens (including phenoxy) is 1. The van der Waals surface area contributed by atoms with E-state index in [0.29, 0.717) is 24.2 Å². The lowest BCUT2D eigenvalue weighted by molar-refractivity contribution is -0.150. The summed E-state index contributed by atoms with van der Waals surface area (Å²) in [6.07, 6.45) is 0.956. The highest BCUT2D eigenvalue weighted by Crippen LogP contribution is 2.71. The second kappa shape index (κ2) is 2.14. The molecule has 4 aliphatic rings. The molecule has 0 spiro atoms. The Bertz CT molecular complexity index is 297. The van der Waals surface area contributed by atoms with Crippen molar-refractivity contribution in [3.8, 4) is 0 Å². The van der Waals surface area contributed by atoms with E-state index in [1.54, 1.807) is 0 Å². The summed E-state index contributed by atoms with van der Waals surface area (Å²) in [5.74, 6) is 1.34. The Labute approximate surface area is 76.4 Å². The van der Waals surface area contributed by atoms with Crippen LogP contribution in [0.4, 0.5) is 0 Å². The van der Waals surface area contributed by atoms with Crippen LogP contribution in [0.25, 0.3) is 0 Å². The minimum absolute atomic E-state index is 0.0269. The fourth-order valence-corrected chi connectivity index (χ4v) is 3.40. The monoisotopic (exact) mass is 180 g/mol. The molecule has 0 aromatic carbocycles. The third-order valence-electron chi connectivity index (χ3n) is 3.86. The number of carbonyl (C=O) groups excluding carboxylic acids is 2. The minimum Gasteiger partial charge on any atom is -0.466 e. The summed E-state index contributed by atoms with van der Waals surface area (Å²) in [5, 5.41) is 0. The van der Waals surface area contributed by atoms with Crippen molar-refractivity contribution >= 4 is 11.8 Å². The zero-order valence-electron chi connectivity index (χ0n) is 7.53. The maximum absolute atomic E-state index is 11.5. The zero-order chi connectivity index (χ0) is 9.16. The first-order valence-electron chi connectivity index (χ1n) is 4.96. The van der Waals surface area contributed by atoms with Crippen LogP contribution in [0, 0.1) is 29.6 Å². The molecule has 0 aromatic rings. The van der Waals surface area contributed by atoms with Crippen molar-refractivity contribution in [2.45, 2.75) is 13.3 Å². The second-order valence-corrected chi connectivity index (χ2v) is 4.29. The largest absolute Gasteiger partial charge is 0.466 e. The Morgan fingerprint density at radius 3 is 2.77 bits per heavy atom. The molecule has 5 atom stereocenters. The molecular weight excluding hydrogens is 168 g/mol. The molecule has 0 aromatic heterocycles. The molecule has 0 amide bonds. The predicted molar refractivity (Wildman–Crippen MR) is 43.7 cm³/mol. The summed E-state index contributed by atoms with van der Waals surface area (Å²) < 4.78 is 4.98. The van der Waals surface area contributed by atoms with E-state index in [-0.39, 0.29) is 23.7 Å². The van der Waals surface area contributed by atoms with Gasteiger partial charge in [0.15, 0.2) is 0 Å². The van der Waals surface area contributed by atoms with E-state index in [2.05, 4.69) is 0 Å². The molecule has 4 aliphatic carbocycles. The van der Waals surface area contributed by atoms with Crippen LogP contribution in [0.3, 0.4) is 0 Å². The normalized spacial score (nSPS) is 49.6. The van der Waals surface area contributed by atoms with Crippen LogP contribution < -0.4 is 0 Å². The molecule has 4 saturated carbocycles. The van der Waals surface area contributed by atoms with E-state index < -0.39 is 0 Å². The number of carbonyl (C=O) groups is 2. The summed E-state index contributed by atoms with van der Waals surface area (Å²) in [7, 11) is 0. The van der Waals surface area contributed by atoms with Crippen molar-refractivity contribution in [1.82, 2.24) is 0 Å². The number of ketones is 1. The summed E-state index contributed by atoms with van der Waals surface area (Å²) in [4.78, 5) is 23.0. The number of esters is 1. The maximum atomic E-state index is 11.5. The van der Waals surface area contributed by atoms with Gasteiger partial charge >= 0.3 is 5.97 Å². The van der Waals surface area contributed by atoms with Crippen LogP contribution in [-0.4, -0.2) is 18.4 Å². The summed E-state index contributed by atoms with van der Waals surface area (Å²) in [5.41, 5.74) is 0. The molecule has 4 rings (SSSR count). The van der Waals surface area contributed by atoms with Crippen molar-refractivity contribution < 1.29 is 14.3 Å². The zero-order valence-corrected chi connectivity index (χ0v) is 7.53. The van der Waals surface area contributed by atoms with Gasteiger partial charge in [0.25, 0.3) is 0 Å². The smallest absolute Gasteiger partial charge is 0.309 e. The average Bonchev–Trinajstić information content (AvgIpc) is 2.40. The minimum atomic E-state index is -0.131. The SMILES string of the molecule is CCOC(=O)[C@H]1C2CC3C(C2=O)C31. The summed E-state index contributed by atoms with van der Waals surface area (Å²) in [6, 6.07) is 0. The maximum Gasteiger partial charge on any atom is 0.309 e. The summed E-state index contributed by atoms with van der Waals surface area (Å²) >= 11 is 0. The first kappa shape index (κ1) is 7.54. The van der Waals surface area contributed by atoms with Crippen molar-refractivity contribution in [2.75, 3.05) is 6.61 Å². The van der Waals surface area contributed by atoms with Crippen molar-refractivity contribution in [1.29, 1.82) is 0 Å². The van der Waals surface area contributed by atoms with Gasteiger partial charge in [-0.25, -0.2) is 0 Å². The van der Waals surface area contributed by atoms with Crippen LogP contribution >= 0.6 is 0 Å². The lowest BCUT2D eigenvalue weighted by Gasteiger charge is -2.11. The van der Waals surface area contributed by atoms with Crippen molar-refractivity contribution in [2.24, 2.45) is 29.6 Å². The number of hydrogen-bond acceptors (Lipinski definition) is 3. The topological polar surface area (TPSA) is 43.4 Å². The lowest BCUT2D eigenvalue weighted by Crippen LogP contribution is -2.23. The Morgan fingerprint density at radius 1 is 1.62 bits per heavy atom. The van der Waals surface area contributed by atoms with E-state index in [4.69, 9.17) is 4.74 Å². The quantitative estimate of drug-likeness (QED) is 0.585. The van der Waals surface area contributed by atoms with Crippen LogP contribution in [0.5, 0.6) is 0 Å². The third-order valence-corrected chi connectivity index (χ3v) is 3.86. The van der Waals surface area contributed by atoms with Gasteiger partial charge in [0, 0.05) is 11.8 Å². The molecule has 4 fully saturated rings. The fourth-order valence-electron chi connectivity index (χ4n) is 3.40. The van der Waals surface area contributed by atoms with E-state index in [9.17, 15) is 9.59 Å². The van der Waals surface area contributed by atoms with E-state index in [1.807, 2.05) is 6.92 Å². The van der Waals surface area contributed by atoms with Gasteiger partial charge in [-0.2, -0.15) is 0 Å². The Kier molecular flexibility index (Phi) is 1.24. The van der Waals surface area contributed by atoms with E-state index >= 15 is 0 Å². The highest BCUT2D eigenvalue weighted by atomic mass is 16.5. The van der Waals surface area contributed by atoms with Gasteiger partial charge < -0.3 is 4.74 Å². The van der Waals surface area contributed by atoms with E-state index in [1.165, 1.54) is 0 Å². The lowest BCUT2D eigenvalue weighted by atomic mass is 9.98. The van der Waals surface area contributed by atoms with Gasteiger partial charge in [-0.3, -0.25) is 9.59 Å². The van der Waals surface area contributed by atoms with Gasteiger partial charge in [-0.1, -0.05) is 0 Å². The molecule has 0 aliphatic heterocycles. The van der Waals surface area contributed by atoms with E-state index in [0.717, 1.165) is 6.42 Å². The molecule has 3 nitrogen and oxygen atoms in total. The van der Waals surface area contributed by atoms with Gasteiger partial charge in [0.1, 0.15) is 5.78 Å². The van der Waals surface area contributed by atoms with Crippen molar-refractivity contribution in [3.63, 3.8) is 0 Å². The molecule has 4 bridgehead atoms. The van der Waals surface area contributed by atoms with Gasteiger partial charge in [-0.15, -0.1) is 0 Å². The van der Waals surface area contributed by atoms with Crippen LogP contribution in [0.1, 0.15) is 13.3 Å². The first-order valence-corrected chi connectivity index (χ1v) is 4.96. The molecule has 4 unspecified atom stereocenters. The molecular formula is C10H12O3. The summed E-state index contributed by atoms with van der Waals surface area (Å²) in [6.45, 7) is 2.24. The molecule has 3 heteroatoms. The van der Waals surface area contributed by atoms with Crippen LogP contribution in [0.15, 0.2) is 0 Å². The van der Waals surface area contributed by atoms with Crippen molar-refractivity contribution in [3.05, 3.63) is 0 Å². The molecule has 0 N–H and O–H groups in total. The van der Waals surface area contributed by atoms with Crippen LogP contribution in [-0.2, 0) is 14.3 Å². The Morgan fingerprint density at radius 2 is 2.38 bits per heavy atom. The molecule has 70 valence electrons. The first-order chi connectivity index (χ1) is 6.25. The molecule has 13 heavy (non-hydrogen) atoms. The Balaban J connectivity index is 1.82. The van der Waals surface area contributed by atoms with Gasteiger partial charge in [0.2, 0.25) is 0 Å². The molecule has 0 saturated heterocycles. The van der Waals surface area contributed by atoms with Gasteiger partial charge in [-0.05, 0) is 25.2 Å².